The number of alkyl halides is 29. The molecule has 45 heteroatoms. The van der Waals surface area contributed by atoms with Crippen LogP contribution in [0.5, 0.6) is 0 Å². The highest BCUT2D eigenvalue weighted by molar-refractivity contribution is 6.93. The van der Waals surface area contributed by atoms with Gasteiger partial charge in [0.25, 0.3) is 0 Å². The predicted molar refractivity (Wildman–Crippen MR) is 182 cm³/mol. The summed E-state index contributed by atoms with van der Waals surface area (Å²) >= 11 is 0. The zero-order valence-electron chi connectivity index (χ0n) is 36.6. The summed E-state index contributed by atoms with van der Waals surface area (Å²) in [7, 11) is -17.1. The average molecular weight is 1220 g/mol. The molecule has 1 heterocycles. The molecule has 0 aromatic carbocycles. The molecule has 1 aliphatic rings. The quantitative estimate of drug-likeness (QED) is 0.0601. The van der Waals surface area contributed by atoms with Crippen LogP contribution in [0, 0.1) is 0 Å². The van der Waals surface area contributed by atoms with Crippen molar-refractivity contribution in [3.05, 3.63) is 0 Å². The van der Waals surface area contributed by atoms with Gasteiger partial charge in [-0.3, -0.25) is 18.9 Å². The molecule has 0 amide bonds. The van der Waals surface area contributed by atoms with Gasteiger partial charge < -0.3 is 25.3 Å². The van der Waals surface area contributed by atoms with Gasteiger partial charge in [-0.15, -0.1) is 0 Å². The van der Waals surface area contributed by atoms with E-state index in [0.29, 0.717) is 0 Å². The number of hydrogen-bond donors (Lipinski definition) is 0. The first-order chi connectivity index (χ1) is 30.7. The first-order valence-electron chi connectivity index (χ1n) is 18.2. The highest BCUT2D eigenvalue weighted by Gasteiger charge is 2.90. The molecule has 0 saturated carbocycles. The van der Waals surface area contributed by atoms with E-state index in [1.165, 1.54) is 32.7 Å². The van der Waals surface area contributed by atoms with Crippen LogP contribution in [0.15, 0.2) is 0 Å². The Hall–Kier alpha value is -1.84. The molecular formula is C27H33F29O11Si5. The Morgan fingerprint density at radius 2 is 0.625 bits per heavy atom. The maximum atomic E-state index is 15.2. The second-order valence-electron chi connectivity index (χ2n) is 16.4. The lowest BCUT2D eigenvalue weighted by Gasteiger charge is -2.47. The molecule has 0 spiro atoms. The number of carbonyl (C=O) groups excluding carboxylic acids is 1. The van der Waals surface area contributed by atoms with Crippen molar-refractivity contribution in [1.82, 2.24) is 0 Å². The second-order valence-corrected chi connectivity index (χ2v) is 34.5. The van der Waals surface area contributed by atoms with Crippen molar-refractivity contribution in [2.24, 2.45) is 0 Å². The first kappa shape index (κ1) is 68.2. The van der Waals surface area contributed by atoms with Crippen LogP contribution < -0.4 is 0 Å². The van der Waals surface area contributed by atoms with Crippen LogP contribution >= 0.6 is 0 Å². The van der Waals surface area contributed by atoms with Crippen LogP contribution in [0.1, 0.15) is 6.42 Å². The van der Waals surface area contributed by atoms with Gasteiger partial charge in [-0.1, -0.05) is 0 Å². The number of carbonyl (C=O) groups is 1. The summed E-state index contributed by atoms with van der Waals surface area (Å²) in [6, 6.07) is -0.635. The van der Waals surface area contributed by atoms with E-state index in [1.54, 1.807) is 26.2 Å². The van der Waals surface area contributed by atoms with E-state index in [9.17, 15) is 123 Å². The Morgan fingerprint density at radius 1 is 0.361 bits per heavy atom. The summed E-state index contributed by atoms with van der Waals surface area (Å²) in [6.07, 6.45) is -79.0. The fraction of sp³-hybridized carbons (Fsp3) is 0.963. The van der Waals surface area contributed by atoms with Crippen molar-refractivity contribution < 1.29 is 176 Å². The number of ether oxygens (including phenoxy) is 5. The average Bonchev–Trinajstić information content (AvgIpc) is 3.03. The van der Waals surface area contributed by atoms with Crippen molar-refractivity contribution in [3.8, 4) is 0 Å². The Morgan fingerprint density at radius 3 is 0.889 bits per heavy atom. The molecule has 0 radical (unpaired) electrons. The minimum absolute atomic E-state index is 0.635. The number of rotatable bonds is 17. The maximum absolute atomic E-state index is 15.2. The minimum atomic E-state index is -9.30. The largest absolute Gasteiger partial charge is 0.462 e. The van der Waals surface area contributed by atoms with Gasteiger partial charge in [0.15, 0.2) is 0 Å². The molecule has 4 atom stereocenters. The van der Waals surface area contributed by atoms with E-state index in [4.69, 9.17) is 20.6 Å². The second kappa shape index (κ2) is 19.6. The van der Waals surface area contributed by atoms with Crippen LogP contribution in [0.4, 0.5) is 127 Å². The molecule has 72 heavy (non-hydrogen) atoms. The Kier molecular flexibility index (Phi) is 18.5. The Labute approximate surface area is 387 Å². The van der Waals surface area contributed by atoms with E-state index in [-0.39, 0.29) is 0 Å². The van der Waals surface area contributed by atoms with Crippen molar-refractivity contribution in [3.63, 3.8) is 0 Å². The van der Waals surface area contributed by atoms with Crippen molar-refractivity contribution in [1.29, 1.82) is 0 Å². The fourth-order valence-corrected chi connectivity index (χ4v) is 32.7. The fourth-order valence-electron chi connectivity index (χ4n) is 5.87. The molecule has 4 unspecified atom stereocenters. The molecule has 0 aliphatic carbocycles. The standard InChI is InChI=1S/C27H33F29O11Si5/c1-68(2)63-69(3,4)65-71(7,8)67-72(9,66-70(5,6)64-68)12-10-11-58-13(57)14(28,19(34,35)36)59-25(51,52)16(31,21(40,41)42)61-27(55,56)18(33,23(46,47)48)62-26(53,54)17(32,22(43,44)45)60-24(49,50)15(29,30)20(37,38)39/h10-12H2,1-9H3. The van der Waals surface area contributed by atoms with Gasteiger partial charge in [0.2, 0.25) is 0 Å². The normalized spacial score (nSPS) is 23.5. The third kappa shape index (κ3) is 14.2. The van der Waals surface area contributed by atoms with Gasteiger partial charge in [-0.05, 0) is 71.4 Å². The maximum Gasteiger partial charge on any atom is 0.462 e. The topological polar surface area (TPSA) is 109 Å². The summed E-state index contributed by atoms with van der Waals surface area (Å²) in [6.45, 7) is 11.4. The monoisotopic (exact) mass is 1220 g/mol. The van der Waals surface area contributed by atoms with Crippen molar-refractivity contribution >= 4 is 48.8 Å². The molecule has 1 saturated heterocycles. The highest BCUT2D eigenvalue weighted by Crippen LogP contribution is 2.61. The number of hydrogen-bond acceptors (Lipinski definition) is 11. The van der Waals surface area contributed by atoms with Gasteiger partial charge >= 0.3 is 133 Å². The molecule has 1 rings (SSSR count). The predicted octanol–water partition coefficient (Wildman–Crippen LogP) is 12.4. The molecule has 11 nitrogen and oxygen atoms in total. The molecule has 1 fully saturated rings. The summed E-state index contributed by atoms with van der Waals surface area (Å²) in [5, 5.41) is 0. The lowest BCUT2D eigenvalue weighted by molar-refractivity contribution is -0.592. The Bertz CT molecular complexity index is 1880. The number of esters is 1. The summed E-state index contributed by atoms with van der Waals surface area (Å²) < 4.78 is 440. The van der Waals surface area contributed by atoms with Gasteiger partial charge in [0.05, 0.1) is 6.61 Å². The lowest BCUT2D eigenvalue weighted by atomic mass is 10.2. The van der Waals surface area contributed by atoms with Gasteiger partial charge in [0, 0.05) is 0 Å². The molecule has 430 valence electrons. The SMILES string of the molecule is C[Si]1(C)O[Si](C)(C)O[Si](C)(C)O[Si](C)(CCCOC(=O)C(F)(OC(F)(F)C(F)(OC(F)(F)C(F)(OC(F)(F)C(F)(OC(F)(F)C(F)(F)C(F)(F)F)C(F)(F)F)C(F)(F)F)C(F)(F)F)C(F)(F)F)O[Si](C)(C)O1. The smallest absolute Gasteiger partial charge is 0.461 e. The van der Waals surface area contributed by atoms with Crippen LogP contribution in [-0.2, 0) is 49.1 Å². The van der Waals surface area contributed by atoms with Crippen LogP contribution in [0.3, 0.4) is 0 Å². The summed E-state index contributed by atoms with van der Waals surface area (Å²) in [4.78, 5) is 12.3. The molecule has 0 aromatic heterocycles. The van der Waals surface area contributed by atoms with Crippen LogP contribution in [0.25, 0.3) is 0 Å². The molecule has 0 bridgehead atoms. The van der Waals surface area contributed by atoms with Gasteiger partial charge in [-0.25, -0.2) is 4.79 Å². The molecule has 1 aliphatic heterocycles. The van der Waals surface area contributed by atoms with Crippen molar-refractivity contribution in [2.45, 2.75) is 156 Å². The van der Waals surface area contributed by atoms with Gasteiger partial charge in [-0.2, -0.15) is 127 Å². The lowest BCUT2D eigenvalue weighted by Crippen LogP contribution is -2.72. The zero-order chi connectivity index (χ0) is 58.3. The van der Waals surface area contributed by atoms with E-state index in [2.05, 4.69) is 4.74 Å². The summed E-state index contributed by atoms with van der Waals surface area (Å²) in [5.74, 6) is -47.4. The molecule has 0 aromatic rings. The van der Waals surface area contributed by atoms with E-state index in [1.807, 2.05) is 4.74 Å². The molecule has 0 N–H and O–H groups in total. The summed E-state index contributed by atoms with van der Waals surface area (Å²) in [5.41, 5.74) is 0. The van der Waals surface area contributed by atoms with E-state index < -0.39 is 153 Å². The molecular weight excluding hydrogens is 1190 g/mol. The highest BCUT2D eigenvalue weighted by atomic mass is 28.5. The van der Waals surface area contributed by atoms with Gasteiger partial charge in [0.1, 0.15) is 0 Å². The van der Waals surface area contributed by atoms with E-state index in [0.717, 1.165) is 14.2 Å². The third-order valence-electron chi connectivity index (χ3n) is 8.05. The zero-order valence-corrected chi connectivity index (χ0v) is 41.6. The Balaban J connectivity index is 3.84. The first-order valence-corrected chi connectivity index (χ1v) is 32.0. The van der Waals surface area contributed by atoms with Crippen LogP contribution in [-0.4, -0.2) is 140 Å². The van der Waals surface area contributed by atoms with Crippen molar-refractivity contribution in [2.75, 3.05) is 6.61 Å². The number of halogens is 29. The minimum Gasteiger partial charge on any atom is -0.461 e. The van der Waals surface area contributed by atoms with Crippen LogP contribution in [0.2, 0.25) is 65.0 Å². The third-order valence-corrected chi connectivity index (χ3v) is 28.5. The van der Waals surface area contributed by atoms with E-state index >= 15 is 8.78 Å².